The van der Waals surface area contributed by atoms with Gasteiger partial charge < -0.3 is 24.8 Å². The number of hydrogen-bond acceptors (Lipinski definition) is 4. The largest absolute Gasteiger partial charge is 0.492 e. The fraction of sp³-hybridized carbons (Fsp3) is 0.600. The van der Waals surface area contributed by atoms with Crippen LogP contribution in [0.3, 0.4) is 0 Å². The van der Waals surface area contributed by atoms with Crippen LogP contribution in [0.2, 0.25) is 0 Å². The molecule has 10 heteroatoms. The van der Waals surface area contributed by atoms with Crippen LogP contribution in [0.5, 0.6) is 5.75 Å². The number of alkyl halides is 3. The minimum Gasteiger partial charge on any atom is -0.492 e. The van der Waals surface area contributed by atoms with Gasteiger partial charge in [0, 0.05) is 19.6 Å². The minimum absolute atomic E-state index is 0.127. The summed E-state index contributed by atoms with van der Waals surface area (Å²) in [5, 5.41) is 11.0. The fourth-order valence-electron chi connectivity index (χ4n) is 2.80. The number of benzene rings is 1. The van der Waals surface area contributed by atoms with Crippen molar-refractivity contribution in [2.24, 2.45) is 5.92 Å². The molecule has 30 heavy (non-hydrogen) atoms. The van der Waals surface area contributed by atoms with E-state index in [-0.39, 0.29) is 19.6 Å². The van der Waals surface area contributed by atoms with Crippen LogP contribution in [0.1, 0.15) is 25.3 Å². The smallest absolute Gasteiger partial charge is 0.405 e. The summed E-state index contributed by atoms with van der Waals surface area (Å²) in [6.45, 7) is 1.35. The van der Waals surface area contributed by atoms with E-state index in [4.69, 9.17) is 14.6 Å². The number of ether oxygens (including phenoxy) is 2. The Bertz CT molecular complexity index is 693. The van der Waals surface area contributed by atoms with Crippen LogP contribution >= 0.6 is 0 Å². The molecule has 2 N–H and O–H groups in total. The number of carbonyl (C=O) groups excluding carboxylic acids is 1. The van der Waals surface area contributed by atoms with Gasteiger partial charge >= 0.3 is 18.2 Å². The number of halogens is 3. The number of carbonyl (C=O) groups is 2. The van der Waals surface area contributed by atoms with Gasteiger partial charge in [0.25, 0.3) is 0 Å². The first-order valence-corrected chi connectivity index (χ1v) is 9.83. The second kappa shape index (κ2) is 11.1. The monoisotopic (exact) mass is 432 g/mol. The Kier molecular flexibility index (Phi) is 8.76. The van der Waals surface area contributed by atoms with Crippen LogP contribution < -0.4 is 10.1 Å². The molecular formula is C20H27F3N2O5. The predicted octanol–water partition coefficient (Wildman–Crippen LogP) is 3.08. The molecule has 0 spiro atoms. The van der Waals surface area contributed by atoms with Crippen LogP contribution in [-0.2, 0) is 16.0 Å². The number of rotatable bonds is 12. The van der Waals surface area contributed by atoms with E-state index in [0.29, 0.717) is 24.8 Å². The van der Waals surface area contributed by atoms with Crippen molar-refractivity contribution in [3.8, 4) is 5.75 Å². The third kappa shape index (κ3) is 8.89. The predicted molar refractivity (Wildman–Crippen MR) is 102 cm³/mol. The number of urea groups is 1. The summed E-state index contributed by atoms with van der Waals surface area (Å²) in [5.41, 5.74) is 0.769. The molecular weight excluding hydrogens is 405 g/mol. The van der Waals surface area contributed by atoms with Gasteiger partial charge in [0.05, 0.1) is 6.54 Å². The van der Waals surface area contributed by atoms with E-state index in [1.807, 2.05) is 5.32 Å². The van der Waals surface area contributed by atoms with Gasteiger partial charge in [0.15, 0.2) is 6.10 Å². The topological polar surface area (TPSA) is 88.1 Å². The van der Waals surface area contributed by atoms with E-state index >= 15 is 0 Å². The van der Waals surface area contributed by atoms with E-state index in [1.54, 1.807) is 31.2 Å². The van der Waals surface area contributed by atoms with E-state index in [1.165, 1.54) is 4.90 Å². The average molecular weight is 432 g/mol. The molecule has 2 amide bonds. The van der Waals surface area contributed by atoms with Crippen molar-refractivity contribution in [3.05, 3.63) is 29.8 Å². The van der Waals surface area contributed by atoms with Crippen LogP contribution in [0.25, 0.3) is 0 Å². The standard InChI is InChI=1S/C20H27F3N2O5/c1-2-29-17(18(26)27)11-14-5-7-16(8-6-14)30-10-9-25(12-15-3-4-15)19(28)24-13-20(21,22)23/h5-8,15,17H,2-4,9-13H2,1H3,(H,24,28)(H,26,27). The highest BCUT2D eigenvalue weighted by Gasteiger charge is 2.31. The number of nitrogens with zero attached hydrogens (tertiary/aromatic N) is 1. The molecule has 0 bridgehead atoms. The summed E-state index contributed by atoms with van der Waals surface area (Å²) in [6, 6.07) is 6.04. The third-order valence-corrected chi connectivity index (χ3v) is 4.52. The summed E-state index contributed by atoms with van der Waals surface area (Å²) < 4.78 is 47.8. The number of carboxylic acid groups (broad SMARTS) is 1. The van der Waals surface area contributed by atoms with Crippen molar-refractivity contribution in [2.75, 3.05) is 32.8 Å². The molecule has 1 atom stereocenters. The molecule has 1 saturated carbocycles. The molecule has 168 valence electrons. The second-order valence-electron chi connectivity index (χ2n) is 7.14. The van der Waals surface area contributed by atoms with Gasteiger partial charge in [0.1, 0.15) is 18.9 Å². The molecule has 7 nitrogen and oxygen atoms in total. The van der Waals surface area contributed by atoms with Gasteiger partial charge in [-0.3, -0.25) is 0 Å². The maximum atomic E-state index is 12.3. The van der Waals surface area contributed by atoms with E-state index < -0.39 is 30.8 Å². The Balaban J connectivity index is 1.82. The first-order chi connectivity index (χ1) is 14.2. The minimum atomic E-state index is -4.46. The van der Waals surface area contributed by atoms with E-state index in [2.05, 4.69) is 0 Å². The van der Waals surface area contributed by atoms with Crippen molar-refractivity contribution in [3.63, 3.8) is 0 Å². The van der Waals surface area contributed by atoms with Crippen molar-refractivity contribution in [1.29, 1.82) is 0 Å². The Morgan fingerprint density at radius 2 is 1.93 bits per heavy atom. The van der Waals surface area contributed by atoms with Crippen LogP contribution in [0, 0.1) is 5.92 Å². The zero-order valence-corrected chi connectivity index (χ0v) is 16.8. The van der Waals surface area contributed by atoms with Crippen LogP contribution in [0.4, 0.5) is 18.0 Å². The molecule has 1 fully saturated rings. The molecule has 2 rings (SSSR count). The number of carboxylic acids is 1. The Hall–Kier alpha value is -2.49. The first-order valence-electron chi connectivity index (χ1n) is 9.83. The highest BCUT2D eigenvalue weighted by molar-refractivity contribution is 5.74. The molecule has 0 saturated heterocycles. The molecule has 1 aliphatic carbocycles. The van der Waals surface area contributed by atoms with Gasteiger partial charge in [-0.1, -0.05) is 12.1 Å². The summed E-state index contributed by atoms with van der Waals surface area (Å²) in [5.74, 6) is -0.186. The molecule has 1 aliphatic rings. The first kappa shape index (κ1) is 23.8. The zero-order chi connectivity index (χ0) is 22.1. The Labute approximate surface area is 173 Å². The highest BCUT2D eigenvalue weighted by Crippen LogP contribution is 2.29. The van der Waals surface area contributed by atoms with Gasteiger partial charge in [0.2, 0.25) is 0 Å². The van der Waals surface area contributed by atoms with Crippen LogP contribution in [0.15, 0.2) is 24.3 Å². The van der Waals surface area contributed by atoms with Crippen LogP contribution in [-0.4, -0.2) is 67.1 Å². The summed E-state index contributed by atoms with van der Waals surface area (Å²) in [4.78, 5) is 24.5. The average Bonchev–Trinajstić information content (AvgIpc) is 3.49. The number of nitrogens with one attached hydrogen (secondary N) is 1. The lowest BCUT2D eigenvalue weighted by atomic mass is 10.1. The number of hydrogen-bond donors (Lipinski definition) is 2. The molecule has 0 radical (unpaired) electrons. The lowest BCUT2D eigenvalue weighted by Crippen LogP contribution is -2.46. The van der Waals surface area contributed by atoms with Crippen molar-refractivity contribution in [1.82, 2.24) is 10.2 Å². The summed E-state index contributed by atoms with van der Waals surface area (Å²) in [7, 11) is 0. The molecule has 1 aromatic carbocycles. The lowest BCUT2D eigenvalue weighted by Gasteiger charge is -2.23. The van der Waals surface area contributed by atoms with E-state index in [0.717, 1.165) is 18.4 Å². The van der Waals surface area contributed by atoms with Gasteiger partial charge in [-0.05, 0) is 43.4 Å². The number of amides is 2. The lowest BCUT2D eigenvalue weighted by molar-refractivity contribution is -0.150. The van der Waals surface area contributed by atoms with Gasteiger partial charge in [-0.25, -0.2) is 9.59 Å². The van der Waals surface area contributed by atoms with E-state index in [9.17, 15) is 22.8 Å². The normalized spacial score (nSPS) is 14.8. The molecule has 0 heterocycles. The maximum Gasteiger partial charge on any atom is 0.405 e. The fourth-order valence-corrected chi connectivity index (χ4v) is 2.80. The van der Waals surface area contributed by atoms with Gasteiger partial charge in [-0.2, -0.15) is 13.2 Å². The van der Waals surface area contributed by atoms with Crippen molar-refractivity contribution < 1.29 is 37.3 Å². The maximum absolute atomic E-state index is 12.3. The quantitative estimate of drug-likeness (QED) is 0.530. The summed E-state index contributed by atoms with van der Waals surface area (Å²) >= 11 is 0. The summed E-state index contributed by atoms with van der Waals surface area (Å²) in [6.07, 6.45) is -3.23. The van der Waals surface area contributed by atoms with Crippen molar-refractivity contribution in [2.45, 2.75) is 38.5 Å². The second-order valence-corrected chi connectivity index (χ2v) is 7.14. The Morgan fingerprint density at radius 1 is 1.27 bits per heavy atom. The molecule has 0 aromatic heterocycles. The Morgan fingerprint density at radius 3 is 2.47 bits per heavy atom. The SMILES string of the molecule is CCOC(Cc1ccc(OCCN(CC2CC2)C(=O)NCC(F)(F)F)cc1)C(=O)O. The molecule has 1 aromatic rings. The highest BCUT2D eigenvalue weighted by atomic mass is 19.4. The third-order valence-electron chi connectivity index (χ3n) is 4.52. The van der Waals surface area contributed by atoms with Gasteiger partial charge in [-0.15, -0.1) is 0 Å². The van der Waals surface area contributed by atoms with Crippen molar-refractivity contribution >= 4 is 12.0 Å². The molecule has 1 unspecified atom stereocenters. The number of aliphatic carboxylic acids is 1. The molecule has 0 aliphatic heterocycles. The zero-order valence-electron chi connectivity index (χ0n) is 16.8.